The highest BCUT2D eigenvalue weighted by molar-refractivity contribution is 6.08. The summed E-state index contributed by atoms with van der Waals surface area (Å²) in [6.07, 6.45) is 2.45. The first kappa shape index (κ1) is 12.9. The average molecular weight is 278 g/mol. The Bertz CT molecular complexity index is 822. The highest BCUT2D eigenvalue weighted by atomic mass is 15.0. The predicted molar refractivity (Wildman–Crippen MR) is 89.7 cm³/mol. The number of para-hydroxylation sites is 1. The van der Waals surface area contributed by atoms with Crippen LogP contribution in [0.5, 0.6) is 0 Å². The Kier molecular flexibility index (Phi) is 2.67. The Labute approximate surface area is 125 Å². The van der Waals surface area contributed by atoms with Gasteiger partial charge >= 0.3 is 0 Å². The quantitative estimate of drug-likeness (QED) is 0.765. The SMILES string of the molecule is CCn1c2ccccc2c2cc(C3(C(C)N)CC3)ccc21. The molecule has 1 aliphatic carbocycles. The molecular weight excluding hydrogens is 256 g/mol. The fraction of sp³-hybridized carbons (Fsp3) is 0.368. The van der Waals surface area contributed by atoms with Crippen LogP contribution in [0.15, 0.2) is 42.5 Å². The minimum atomic E-state index is 0.226. The number of aryl methyl sites for hydroxylation is 1. The number of benzene rings is 2. The Hall–Kier alpha value is -1.80. The monoisotopic (exact) mass is 278 g/mol. The molecule has 1 unspecified atom stereocenters. The van der Waals surface area contributed by atoms with E-state index in [-0.39, 0.29) is 11.5 Å². The van der Waals surface area contributed by atoms with E-state index in [4.69, 9.17) is 5.73 Å². The van der Waals surface area contributed by atoms with E-state index in [0.29, 0.717) is 0 Å². The molecule has 108 valence electrons. The van der Waals surface area contributed by atoms with Crippen LogP contribution in [0.3, 0.4) is 0 Å². The van der Waals surface area contributed by atoms with Gasteiger partial charge in [-0.05, 0) is 50.5 Å². The number of hydrogen-bond donors (Lipinski definition) is 1. The summed E-state index contributed by atoms with van der Waals surface area (Å²) in [7, 11) is 0. The zero-order valence-electron chi connectivity index (χ0n) is 12.8. The van der Waals surface area contributed by atoms with Crippen molar-refractivity contribution in [3.8, 4) is 0 Å². The molecule has 1 aliphatic rings. The third-order valence-corrected chi connectivity index (χ3v) is 5.32. The molecule has 2 N–H and O–H groups in total. The topological polar surface area (TPSA) is 30.9 Å². The lowest BCUT2D eigenvalue weighted by atomic mass is 9.88. The Balaban J connectivity index is 2.02. The molecule has 0 saturated heterocycles. The zero-order valence-corrected chi connectivity index (χ0v) is 12.8. The molecule has 2 nitrogen and oxygen atoms in total. The van der Waals surface area contributed by atoms with Crippen molar-refractivity contribution in [2.75, 3.05) is 0 Å². The molecule has 1 atom stereocenters. The summed E-state index contributed by atoms with van der Waals surface area (Å²) in [5.41, 5.74) is 10.6. The number of aromatic nitrogens is 1. The number of nitrogens with two attached hydrogens (primary N) is 1. The predicted octanol–water partition coefficient (Wildman–Crippen LogP) is 4.19. The Morgan fingerprint density at radius 2 is 1.81 bits per heavy atom. The molecule has 21 heavy (non-hydrogen) atoms. The van der Waals surface area contributed by atoms with Gasteiger partial charge in [0, 0.05) is 39.8 Å². The van der Waals surface area contributed by atoms with Crippen LogP contribution in [0, 0.1) is 0 Å². The first-order valence-corrected chi connectivity index (χ1v) is 7.94. The summed E-state index contributed by atoms with van der Waals surface area (Å²) in [6, 6.07) is 15.9. The standard InChI is InChI=1S/C19H22N2/c1-3-21-17-7-5-4-6-15(17)16-12-14(8-9-18(16)21)19(10-11-19)13(2)20/h4-9,12-13H,3,10-11,20H2,1-2H3. The summed E-state index contributed by atoms with van der Waals surface area (Å²) >= 11 is 0. The second-order valence-electron chi connectivity index (χ2n) is 6.44. The van der Waals surface area contributed by atoms with Crippen molar-refractivity contribution in [1.29, 1.82) is 0 Å². The molecule has 2 aromatic carbocycles. The number of rotatable bonds is 3. The molecule has 0 spiro atoms. The second kappa shape index (κ2) is 4.35. The third-order valence-electron chi connectivity index (χ3n) is 5.32. The molecule has 0 amide bonds. The summed E-state index contributed by atoms with van der Waals surface area (Å²) in [4.78, 5) is 0. The largest absolute Gasteiger partial charge is 0.341 e. The van der Waals surface area contributed by atoms with Crippen molar-refractivity contribution in [1.82, 2.24) is 4.57 Å². The highest BCUT2D eigenvalue weighted by Gasteiger charge is 2.47. The molecule has 2 heteroatoms. The number of nitrogens with zero attached hydrogens (tertiary/aromatic N) is 1. The van der Waals surface area contributed by atoms with Crippen LogP contribution in [0.25, 0.3) is 21.8 Å². The van der Waals surface area contributed by atoms with Crippen molar-refractivity contribution in [3.05, 3.63) is 48.0 Å². The van der Waals surface area contributed by atoms with Crippen LogP contribution >= 0.6 is 0 Å². The Morgan fingerprint density at radius 1 is 1.10 bits per heavy atom. The van der Waals surface area contributed by atoms with E-state index in [1.807, 2.05) is 0 Å². The molecular formula is C19H22N2. The number of hydrogen-bond acceptors (Lipinski definition) is 1. The minimum absolute atomic E-state index is 0.226. The maximum absolute atomic E-state index is 6.25. The fourth-order valence-corrected chi connectivity index (χ4v) is 3.85. The van der Waals surface area contributed by atoms with E-state index >= 15 is 0 Å². The van der Waals surface area contributed by atoms with Crippen LogP contribution in [-0.4, -0.2) is 10.6 Å². The smallest absolute Gasteiger partial charge is 0.0491 e. The highest BCUT2D eigenvalue weighted by Crippen LogP contribution is 2.51. The van der Waals surface area contributed by atoms with Crippen molar-refractivity contribution in [2.24, 2.45) is 5.73 Å². The van der Waals surface area contributed by atoms with Gasteiger partial charge in [0.25, 0.3) is 0 Å². The van der Waals surface area contributed by atoms with Gasteiger partial charge in [-0.25, -0.2) is 0 Å². The first-order valence-electron chi connectivity index (χ1n) is 7.94. The van der Waals surface area contributed by atoms with Gasteiger partial charge in [-0.15, -0.1) is 0 Å². The van der Waals surface area contributed by atoms with Gasteiger partial charge in [0.05, 0.1) is 0 Å². The summed E-state index contributed by atoms with van der Waals surface area (Å²) in [5, 5.41) is 2.73. The summed E-state index contributed by atoms with van der Waals surface area (Å²) < 4.78 is 2.40. The molecule has 4 rings (SSSR count). The van der Waals surface area contributed by atoms with E-state index in [0.717, 1.165) is 6.54 Å². The molecule has 0 bridgehead atoms. The fourth-order valence-electron chi connectivity index (χ4n) is 3.85. The first-order chi connectivity index (χ1) is 10.2. The maximum Gasteiger partial charge on any atom is 0.0491 e. The van der Waals surface area contributed by atoms with Gasteiger partial charge in [0.2, 0.25) is 0 Å². The van der Waals surface area contributed by atoms with Gasteiger partial charge in [-0.2, -0.15) is 0 Å². The van der Waals surface area contributed by atoms with Crippen molar-refractivity contribution in [2.45, 2.75) is 44.7 Å². The van der Waals surface area contributed by atoms with E-state index in [1.165, 1.54) is 40.2 Å². The molecule has 3 aromatic rings. The molecule has 1 saturated carbocycles. The molecule has 0 radical (unpaired) electrons. The van der Waals surface area contributed by atoms with Crippen LogP contribution < -0.4 is 5.73 Å². The normalized spacial score (nSPS) is 18.2. The second-order valence-corrected chi connectivity index (χ2v) is 6.44. The molecule has 1 heterocycles. The lowest BCUT2D eigenvalue weighted by Gasteiger charge is -2.20. The van der Waals surface area contributed by atoms with Gasteiger partial charge in [0.15, 0.2) is 0 Å². The minimum Gasteiger partial charge on any atom is -0.341 e. The zero-order chi connectivity index (χ0) is 14.6. The molecule has 1 fully saturated rings. The van der Waals surface area contributed by atoms with Gasteiger partial charge in [-0.1, -0.05) is 24.3 Å². The van der Waals surface area contributed by atoms with Crippen molar-refractivity contribution >= 4 is 21.8 Å². The van der Waals surface area contributed by atoms with E-state index in [9.17, 15) is 0 Å². The average Bonchev–Trinajstić information content (AvgIpc) is 3.25. The maximum atomic E-state index is 6.25. The van der Waals surface area contributed by atoms with E-state index < -0.39 is 0 Å². The summed E-state index contributed by atoms with van der Waals surface area (Å²) in [6.45, 7) is 5.36. The van der Waals surface area contributed by atoms with Gasteiger partial charge in [0.1, 0.15) is 0 Å². The third kappa shape index (κ3) is 1.69. The van der Waals surface area contributed by atoms with Gasteiger partial charge in [-0.3, -0.25) is 0 Å². The summed E-state index contributed by atoms with van der Waals surface area (Å²) in [5.74, 6) is 0. The van der Waals surface area contributed by atoms with Crippen LogP contribution in [-0.2, 0) is 12.0 Å². The van der Waals surface area contributed by atoms with E-state index in [2.05, 4.69) is 60.9 Å². The Morgan fingerprint density at radius 3 is 2.48 bits per heavy atom. The molecule has 1 aromatic heterocycles. The van der Waals surface area contributed by atoms with Crippen LogP contribution in [0.1, 0.15) is 32.3 Å². The van der Waals surface area contributed by atoms with Crippen LogP contribution in [0.2, 0.25) is 0 Å². The lowest BCUT2D eigenvalue weighted by Crippen LogP contribution is -2.31. The van der Waals surface area contributed by atoms with Crippen molar-refractivity contribution in [3.63, 3.8) is 0 Å². The van der Waals surface area contributed by atoms with Gasteiger partial charge < -0.3 is 10.3 Å². The van der Waals surface area contributed by atoms with E-state index in [1.54, 1.807) is 0 Å². The van der Waals surface area contributed by atoms with Crippen molar-refractivity contribution < 1.29 is 0 Å². The lowest BCUT2D eigenvalue weighted by molar-refractivity contribution is 0.557. The molecule has 0 aliphatic heterocycles. The van der Waals surface area contributed by atoms with Crippen LogP contribution in [0.4, 0.5) is 0 Å². The number of fused-ring (bicyclic) bond motifs is 3.